The molecule has 0 bridgehead atoms. The fourth-order valence-corrected chi connectivity index (χ4v) is 4.18. The number of rotatable bonds is 3. The third-order valence-corrected chi connectivity index (χ3v) is 5.90. The van der Waals surface area contributed by atoms with E-state index in [1.807, 2.05) is 30.0 Å². The van der Waals surface area contributed by atoms with E-state index >= 15 is 0 Å². The maximum Gasteiger partial charge on any atom is 0.339 e. The monoisotopic (exact) mass is 393 g/mol. The molecule has 0 N–H and O–H groups in total. The minimum absolute atomic E-state index is 0.0852. The molecule has 152 valence electrons. The summed E-state index contributed by atoms with van der Waals surface area (Å²) in [4.78, 5) is 27.4. The summed E-state index contributed by atoms with van der Waals surface area (Å²) in [5, 5.41) is 0. The molecule has 5 nitrogen and oxygen atoms in total. The lowest BCUT2D eigenvalue weighted by Gasteiger charge is -2.40. The topological polar surface area (TPSA) is 55.8 Å². The van der Waals surface area contributed by atoms with E-state index in [1.165, 1.54) is 5.56 Å². The van der Waals surface area contributed by atoms with E-state index in [1.54, 1.807) is 13.0 Å². The molecule has 2 aliphatic rings. The first-order chi connectivity index (χ1) is 13.9. The summed E-state index contributed by atoms with van der Waals surface area (Å²) in [6.07, 6.45) is 2.02. The Balaban J connectivity index is 1.40. The van der Waals surface area contributed by atoms with E-state index in [4.69, 9.17) is 9.47 Å². The first-order valence-corrected chi connectivity index (χ1v) is 10.2. The number of ether oxygens (including phenoxy) is 2. The molecule has 1 unspecified atom stereocenters. The van der Waals surface area contributed by atoms with Crippen molar-refractivity contribution in [2.24, 2.45) is 0 Å². The van der Waals surface area contributed by atoms with Crippen molar-refractivity contribution in [3.63, 3.8) is 0 Å². The molecule has 2 aromatic rings. The lowest BCUT2D eigenvalue weighted by molar-refractivity contribution is -0.153. The van der Waals surface area contributed by atoms with Crippen LogP contribution < -0.4 is 4.74 Å². The molecule has 0 radical (unpaired) electrons. The molecule has 0 aromatic heterocycles. The predicted octanol–water partition coefficient (Wildman–Crippen LogP) is 3.85. The molecule has 1 atom stereocenters. The van der Waals surface area contributed by atoms with Crippen molar-refractivity contribution in [3.8, 4) is 5.75 Å². The molecular formula is C24H27NO4. The van der Waals surface area contributed by atoms with E-state index in [9.17, 15) is 9.59 Å². The van der Waals surface area contributed by atoms with E-state index in [2.05, 4.69) is 25.1 Å². The van der Waals surface area contributed by atoms with Gasteiger partial charge in [-0.3, -0.25) is 4.79 Å². The van der Waals surface area contributed by atoms with Crippen molar-refractivity contribution in [2.75, 3.05) is 13.1 Å². The summed E-state index contributed by atoms with van der Waals surface area (Å²) in [5.74, 6) is 0.376. The highest BCUT2D eigenvalue weighted by Gasteiger charge is 2.45. The molecule has 29 heavy (non-hydrogen) atoms. The van der Waals surface area contributed by atoms with Crippen LogP contribution in [0.2, 0.25) is 0 Å². The number of carbonyl (C=O) groups excluding carboxylic acids is 2. The summed E-state index contributed by atoms with van der Waals surface area (Å²) in [7, 11) is 0. The Morgan fingerprint density at radius 1 is 1.14 bits per heavy atom. The lowest BCUT2D eigenvalue weighted by atomic mass is 9.88. The summed E-state index contributed by atoms with van der Waals surface area (Å²) in [6.45, 7) is 7.02. The first kappa shape index (κ1) is 19.5. The van der Waals surface area contributed by atoms with Crippen LogP contribution >= 0.6 is 0 Å². The first-order valence-electron chi connectivity index (χ1n) is 10.2. The fraction of sp³-hybridized carbons (Fsp3) is 0.417. The Kier molecular flexibility index (Phi) is 5.07. The number of likely N-dealkylation sites (tertiary alicyclic amines) is 1. The van der Waals surface area contributed by atoms with Crippen LogP contribution in [0.1, 0.15) is 46.8 Å². The summed E-state index contributed by atoms with van der Waals surface area (Å²) in [6, 6.07) is 13.5. The summed E-state index contributed by atoms with van der Waals surface area (Å²) in [5.41, 5.74) is 2.57. The van der Waals surface area contributed by atoms with Gasteiger partial charge in [-0.1, -0.05) is 30.3 Å². The van der Waals surface area contributed by atoms with Crippen molar-refractivity contribution >= 4 is 11.9 Å². The van der Waals surface area contributed by atoms with Crippen molar-refractivity contribution < 1.29 is 19.1 Å². The maximum absolute atomic E-state index is 13.2. The van der Waals surface area contributed by atoms with Gasteiger partial charge in [0, 0.05) is 32.4 Å². The molecule has 2 aliphatic heterocycles. The number of hydrogen-bond acceptors (Lipinski definition) is 4. The summed E-state index contributed by atoms with van der Waals surface area (Å²) >= 11 is 0. The third kappa shape index (κ3) is 3.86. The molecule has 5 heteroatoms. The van der Waals surface area contributed by atoms with Gasteiger partial charge in [0.25, 0.3) is 5.91 Å². The zero-order chi connectivity index (χ0) is 20.6. The molecular weight excluding hydrogens is 366 g/mol. The van der Waals surface area contributed by atoms with Gasteiger partial charge in [0.05, 0.1) is 5.56 Å². The molecule has 2 heterocycles. The van der Waals surface area contributed by atoms with Crippen molar-refractivity contribution in [3.05, 3.63) is 64.7 Å². The van der Waals surface area contributed by atoms with Crippen LogP contribution in [-0.2, 0) is 16.0 Å². The minimum Gasteiger partial charge on any atom is -0.490 e. The Bertz CT molecular complexity index is 946. The highest BCUT2D eigenvalue weighted by molar-refractivity contribution is 5.97. The van der Waals surface area contributed by atoms with Crippen LogP contribution in [0.25, 0.3) is 0 Å². The number of amides is 1. The van der Waals surface area contributed by atoms with Crippen LogP contribution in [0.3, 0.4) is 0 Å². The van der Waals surface area contributed by atoms with Gasteiger partial charge >= 0.3 is 5.97 Å². The molecule has 2 aromatic carbocycles. The highest BCUT2D eigenvalue weighted by atomic mass is 16.6. The molecule has 1 saturated heterocycles. The second-order valence-electron chi connectivity index (χ2n) is 8.33. The van der Waals surface area contributed by atoms with Crippen molar-refractivity contribution in [1.29, 1.82) is 0 Å². The normalized spacial score (nSPS) is 22.0. The number of esters is 1. The Hall–Kier alpha value is -2.82. The van der Waals surface area contributed by atoms with Crippen LogP contribution in [0.5, 0.6) is 5.75 Å². The molecule has 0 saturated carbocycles. The molecule has 0 aliphatic carbocycles. The largest absolute Gasteiger partial charge is 0.490 e. The maximum atomic E-state index is 13.2. The molecule has 1 amide bonds. The summed E-state index contributed by atoms with van der Waals surface area (Å²) < 4.78 is 11.8. The second kappa shape index (κ2) is 7.54. The zero-order valence-electron chi connectivity index (χ0n) is 17.2. The molecule has 0 spiro atoms. The Morgan fingerprint density at radius 3 is 2.62 bits per heavy atom. The number of piperidine rings is 1. The number of benzene rings is 2. The van der Waals surface area contributed by atoms with Crippen LogP contribution in [0.4, 0.5) is 0 Å². The SMILES string of the molecule is Cc1ccc(C)c(OC2CCN(C(=O)C3(C)Cc4ccccc4C(=O)O3)CC2)c1. The predicted molar refractivity (Wildman–Crippen MR) is 110 cm³/mol. The Labute approximate surface area is 171 Å². The quantitative estimate of drug-likeness (QED) is 0.744. The average Bonchev–Trinajstić information content (AvgIpc) is 2.71. The van der Waals surface area contributed by atoms with E-state index < -0.39 is 11.6 Å². The highest BCUT2D eigenvalue weighted by Crippen LogP contribution is 2.31. The van der Waals surface area contributed by atoms with Gasteiger partial charge in [-0.05, 0) is 49.6 Å². The standard InChI is InChI=1S/C24H27NO4/c1-16-8-9-17(2)21(14-16)28-19-10-12-25(13-11-19)23(27)24(3)15-18-6-4-5-7-20(18)22(26)29-24/h4-9,14,19H,10-13,15H2,1-3H3. The smallest absolute Gasteiger partial charge is 0.339 e. The fourth-order valence-electron chi connectivity index (χ4n) is 4.18. The third-order valence-electron chi connectivity index (χ3n) is 5.90. The van der Waals surface area contributed by atoms with Gasteiger partial charge in [-0.2, -0.15) is 0 Å². The number of hydrogen-bond donors (Lipinski definition) is 0. The van der Waals surface area contributed by atoms with Gasteiger partial charge in [0.2, 0.25) is 0 Å². The van der Waals surface area contributed by atoms with Gasteiger partial charge < -0.3 is 14.4 Å². The minimum atomic E-state index is -1.15. The number of cyclic esters (lactones) is 1. The average molecular weight is 393 g/mol. The second-order valence-corrected chi connectivity index (χ2v) is 8.33. The van der Waals surface area contributed by atoms with Crippen molar-refractivity contribution in [1.82, 2.24) is 4.90 Å². The van der Waals surface area contributed by atoms with E-state index in [0.717, 1.165) is 29.7 Å². The zero-order valence-corrected chi connectivity index (χ0v) is 17.2. The number of nitrogens with zero attached hydrogens (tertiary/aromatic N) is 1. The van der Waals surface area contributed by atoms with Gasteiger partial charge in [0.15, 0.2) is 5.60 Å². The molecule has 4 rings (SSSR count). The van der Waals surface area contributed by atoms with Gasteiger partial charge in [0.1, 0.15) is 11.9 Å². The number of carbonyl (C=O) groups is 2. The van der Waals surface area contributed by atoms with Gasteiger partial charge in [-0.25, -0.2) is 4.79 Å². The molecule has 1 fully saturated rings. The van der Waals surface area contributed by atoms with Crippen LogP contribution in [0, 0.1) is 13.8 Å². The van der Waals surface area contributed by atoms with Crippen LogP contribution in [0.15, 0.2) is 42.5 Å². The number of fused-ring (bicyclic) bond motifs is 1. The number of aryl methyl sites for hydroxylation is 2. The Morgan fingerprint density at radius 2 is 1.86 bits per heavy atom. The van der Waals surface area contributed by atoms with Crippen molar-refractivity contribution in [2.45, 2.75) is 51.7 Å². The van der Waals surface area contributed by atoms with E-state index in [-0.39, 0.29) is 12.0 Å². The van der Waals surface area contributed by atoms with Crippen LogP contribution in [-0.4, -0.2) is 41.6 Å². The van der Waals surface area contributed by atoms with Gasteiger partial charge in [-0.15, -0.1) is 0 Å². The van der Waals surface area contributed by atoms with E-state index in [0.29, 0.717) is 25.1 Å². The lowest BCUT2D eigenvalue weighted by Crippen LogP contribution is -2.55.